The number of rotatable bonds is 6. The predicted molar refractivity (Wildman–Crippen MR) is 105 cm³/mol. The molecule has 25 heavy (non-hydrogen) atoms. The summed E-state index contributed by atoms with van der Waals surface area (Å²) < 4.78 is 1.62. The monoisotopic (exact) mass is 375 g/mol. The second-order valence-electron chi connectivity index (χ2n) is 5.73. The molecule has 0 spiro atoms. The van der Waals surface area contributed by atoms with Gasteiger partial charge in [-0.3, -0.25) is 9.55 Å². The molecule has 0 bridgehead atoms. The lowest BCUT2D eigenvalue weighted by molar-refractivity contribution is 0.832. The Labute approximate surface area is 156 Å². The van der Waals surface area contributed by atoms with Crippen molar-refractivity contribution in [3.8, 4) is 16.9 Å². The van der Waals surface area contributed by atoms with Gasteiger partial charge in [-0.05, 0) is 24.6 Å². The van der Waals surface area contributed by atoms with Crippen LogP contribution in [0.5, 0.6) is 0 Å². The van der Waals surface area contributed by atoms with Crippen molar-refractivity contribution >= 4 is 29.0 Å². The molecule has 0 aliphatic rings. The molecule has 0 radical (unpaired) electrons. The fourth-order valence-electron chi connectivity index (χ4n) is 2.69. The Morgan fingerprint density at radius 1 is 1.08 bits per heavy atom. The van der Waals surface area contributed by atoms with Crippen LogP contribution in [0.4, 0.5) is 5.82 Å². The van der Waals surface area contributed by atoms with Crippen LogP contribution in [-0.4, -0.2) is 16.1 Å². The number of imidazole rings is 1. The first-order chi connectivity index (χ1) is 12.1. The van der Waals surface area contributed by atoms with Gasteiger partial charge in [-0.15, -0.1) is 0 Å². The van der Waals surface area contributed by atoms with Crippen molar-refractivity contribution in [1.29, 1.82) is 0 Å². The number of anilines is 1. The summed E-state index contributed by atoms with van der Waals surface area (Å²) in [6.07, 6.45) is 2.10. The number of unbranched alkanes of at least 4 members (excludes halogenated alkanes) is 1. The van der Waals surface area contributed by atoms with E-state index in [0.717, 1.165) is 30.6 Å². The molecule has 2 aromatic carbocycles. The van der Waals surface area contributed by atoms with Gasteiger partial charge in [0.05, 0.1) is 21.4 Å². The third-order valence-electron chi connectivity index (χ3n) is 3.94. The van der Waals surface area contributed by atoms with E-state index in [4.69, 9.17) is 23.2 Å². The number of halogens is 2. The van der Waals surface area contributed by atoms with Crippen LogP contribution in [0, 0.1) is 0 Å². The summed E-state index contributed by atoms with van der Waals surface area (Å²) in [5.41, 5.74) is 2.15. The van der Waals surface area contributed by atoms with Crippen molar-refractivity contribution in [1.82, 2.24) is 9.55 Å². The largest absolute Gasteiger partial charge is 0.370 e. The summed E-state index contributed by atoms with van der Waals surface area (Å²) in [5, 5.41) is 4.20. The first-order valence-corrected chi connectivity index (χ1v) is 8.97. The molecule has 0 aliphatic carbocycles. The number of hydrogen-bond acceptors (Lipinski definition) is 2. The maximum atomic E-state index is 12.7. The summed E-state index contributed by atoms with van der Waals surface area (Å²) >= 11 is 12.2. The number of benzene rings is 2. The first-order valence-electron chi connectivity index (χ1n) is 8.21. The second kappa shape index (κ2) is 7.81. The SMILES string of the molecule is CCCCNc1[nH]c(=O)n(-c2ccc(Cl)c(Cl)c2)c1-c1ccccc1. The molecule has 0 saturated heterocycles. The van der Waals surface area contributed by atoms with Crippen LogP contribution in [0.25, 0.3) is 16.9 Å². The number of hydrogen-bond donors (Lipinski definition) is 2. The number of aromatic amines is 1. The van der Waals surface area contributed by atoms with Crippen LogP contribution in [0.3, 0.4) is 0 Å². The minimum Gasteiger partial charge on any atom is -0.370 e. The van der Waals surface area contributed by atoms with Crippen molar-refractivity contribution in [3.63, 3.8) is 0 Å². The van der Waals surface area contributed by atoms with E-state index in [0.29, 0.717) is 21.6 Å². The maximum absolute atomic E-state index is 12.7. The third kappa shape index (κ3) is 3.75. The van der Waals surface area contributed by atoms with E-state index < -0.39 is 0 Å². The van der Waals surface area contributed by atoms with Gasteiger partial charge in [0, 0.05) is 12.1 Å². The summed E-state index contributed by atoms with van der Waals surface area (Å²) in [5.74, 6) is 0.704. The van der Waals surface area contributed by atoms with E-state index in [1.807, 2.05) is 30.3 Å². The second-order valence-corrected chi connectivity index (χ2v) is 6.55. The molecule has 1 aromatic heterocycles. The van der Waals surface area contributed by atoms with Gasteiger partial charge in [-0.25, -0.2) is 4.79 Å². The average Bonchev–Trinajstić information content (AvgIpc) is 2.94. The minimum atomic E-state index is -0.226. The summed E-state index contributed by atoms with van der Waals surface area (Å²) in [6, 6.07) is 15.0. The van der Waals surface area contributed by atoms with E-state index in [-0.39, 0.29) is 5.69 Å². The zero-order chi connectivity index (χ0) is 17.8. The molecule has 0 aliphatic heterocycles. The van der Waals surface area contributed by atoms with Crippen molar-refractivity contribution in [2.24, 2.45) is 0 Å². The average molecular weight is 376 g/mol. The van der Waals surface area contributed by atoms with Gasteiger partial charge in [0.15, 0.2) is 0 Å². The van der Waals surface area contributed by atoms with Gasteiger partial charge >= 0.3 is 5.69 Å². The Balaban J connectivity index is 2.16. The van der Waals surface area contributed by atoms with Gasteiger partial charge in [0.1, 0.15) is 5.82 Å². The number of aromatic nitrogens is 2. The van der Waals surface area contributed by atoms with Crippen molar-refractivity contribution in [2.75, 3.05) is 11.9 Å². The van der Waals surface area contributed by atoms with Crippen molar-refractivity contribution < 1.29 is 0 Å². The van der Waals surface area contributed by atoms with Crippen molar-refractivity contribution in [3.05, 3.63) is 69.1 Å². The molecule has 6 heteroatoms. The highest BCUT2D eigenvalue weighted by atomic mass is 35.5. The molecule has 2 N–H and O–H groups in total. The number of H-pyrrole nitrogens is 1. The lowest BCUT2D eigenvalue weighted by atomic mass is 10.1. The quantitative estimate of drug-likeness (QED) is 0.570. The van der Waals surface area contributed by atoms with Crippen LogP contribution < -0.4 is 11.0 Å². The molecular formula is C19H19Cl2N3O. The highest BCUT2D eigenvalue weighted by Gasteiger charge is 2.17. The van der Waals surface area contributed by atoms with Gasteiger partial charge in [0.2, 0.25) is 0 Å². The highest BCUT2D eigenvalue weighted by molar-refractivity contribution is 6.42. The molecule has 3 aromatic rings. The molecule has 0 amide bonds. The van der Waals surface area contributed by atoms with E-state index in [9.17, 15) is 4.79 Å². The zero-order valence-electron chi connectivity index (χ0n) is 13.9. The highest BCUT2D eigenvalue weighted by Crippen LogP contribution is 2.30. The molecule has 0 fully saturated rings. The zero-order valence-corrected chi connectivity index (χ0v) is 15.4. The summed E-state index contributed by atoms with van der Waals surface area (Å²) in [4.78, 5) is 15.6. The third-order valence-corrected chi connectivity index (χ3v) is 4.68. The maximum Gasteiger partial charge on any atom is 0.332 e. The minimum absolute atomic E-state index is 0.226. The van der Waals surface area contributed by atoms with Crippen LogP contribution in [0.1, 0.15) is 19.8 Å². The van der Waals surface area contributed by atoms with Crippen molar-refractivity contribution in [2.45, 2.75) is 19.8 Å². The van der Waals surface area contributed by atoms with E-state index in [1.54, 1.807) is 22.8 Å². The lowest BCUT2D eigenvalue weighted by Crippen LogP contribution is -2.15. The van der Waals surface area contributed by atoms with Crippen LogP contribution in [-0.2, 0) is 0 Å². The Morgan fingerprint density at radius 3 is 2.52 bits per heavy atom. The first kappa shape index (κ1) is 17.6. The number of nitrogens with one attached hydrogen (secondary N) is 2. The summed E-state index contributed by atoms with van der Waals surface area (Å²) in [7, 11) is 0. The van der Waals surface area contributed by atoms with Crippen LogP contribution in [0.2, 0.25) is 10.0 Å². The van der Waals surface area contributed by atoms with Gasteiger partial charge in [-0.2, -0.15) is 0 Å². The van der Waals surface area contributed by atoms with Gasteiger partial charge in [-0.1, -0.05) is 66.9 Å². The predicted octanol–water partition coefficient (Wildman–Crippen LogP) is 5.35. The number of nitrogens with zero attached hydrogens (tertiary/aromatic N) is 1. The molecule has 4 nitrogen and oxygen atoms in total. The van der Waals surface area contributed by atoms with Gasteiger partial charge < -0.3 is 5.32 Å². The van der Waals surface area contributed by atoms with Gasteiger partial charge in [0.25, 0.3) is 0 Å². The fraction of sp³-hybridized carbons (Fsp3) is 0.211. The normalized spacial score (nSPS) is 10.8. The van der Waals surface area contributed by atoms with E-state index >= 15 is 0 Å². The Kier molecular flexibility index (Phi) is 5.51. The Bertz CT molecular complexity index is 916. The molecule has 130 valence electrons. The smallest absolute Gasteiger partial charge is 0.332 e. The molecule has 3 rings (SSSR count). The fourth-order valence-corrected chi connectivity index (χ4v) is 2.99. The van der Waals surface area contributed by atoms with E-state index in [2.05, 4.69) is 17.2 Å². The van der Waals surface area contributed by atoms with Crippen LogP contribution in [0.15, 0.2) is 53.3 Å². The molecule has 0 unspecified atom stereocenters. The standard InChI is InChI=1S/C19H19Cl2N3O/c1-2-3-11-22-18-17(13-7-5-4-6-8-13)24(19(25)23-18)14-9-10-15(20)16(21)12-14/h4-10,12,22H,2-3,11H2,1H3,(H,23,25). The Hall–Kier alpha value is -2.17. The molecule has 1 heterocycles. The van der Waals surface area contributed by atoms with Crippen LogP contribution >= 0.6 is 23.2 Å². The Morgan fingerprint density at radius 2 is 1.84 bits per heavy atom. The lowest BCUT2D eigenvalue weighted by Gasteiger charge is -2.11. The van der Waals surface area contributed by atoms with E-state index in [1.165, 1.54) is 0 Å². The summed E-state index contributed by atoms with van der Waals surface area (Å²) in [6.45, 7) is 2.92. The molecular weight excluding hydrogens is 357 g/mol. The molecule has 0 saturated carbocycles. The topological polar surface area (TPSA) is 49.8 Å². The molecule has 0 atom stereocenters.